The van der Waals surface area contributed by atoms with Crippen LogP contribution in [0.4, 0.5) is 0 Å². The van der Waals surface area contributed by atoms with Crippen LogP contribution < -0.4 is 15.2 Å². The summed E-state index contributed by atoms with van der Waals surface area (Å²) in [5.41, 5.74) is 10.0. The Morgan fingerprint density at radius 2 is 1.89 bits per heavy atom. The second kappa shape index (κ2) is 7.70. The summed E-state index contributed by atoms with van der Waals surface area (Å²) in [6, 6.07) is 15.8. The number of methoxy groups -OCH3 is 1. The highest BCUT2D eigenvalue weighted by molar-refractivity contribution is 5.87. The molecule has 0 aliphatic carbocycles. The average Bonchev–Trinajstić information content (AvgIpc) is 3.05. The second-order valence-corrected chi connectivity index (χ2v) is 6.58. The molecule has 0 saturated carbocycles. The molecule has 1 aromatic carbocycles. The molecule has 0 aliphatic rings. The molecule has 0 amide bonds. The molecule has 142 valence electrons. The first-order chi connectivity index (χ1) is 13.7. The van der Waals surface area contributed by atoms with Gasteiger partial charge in [-0.25, -0.2) is 9.97 Å². The van der Waals surface area contributed by atoms with Crippen LogP contribution in [0.25, 0.3) is 10.9 Å². The van der Waals surface area contributed by atoms with Gasteiger partial charge in [-0.1, -0.05) is 12.1 Å². The number of nitrogens with zero attached hydrogens (tertiary/aromatic N) is 3. The molecule has 3 aromatic heterocycles. The number of hydrogen-bond donors (Lipinski definition) is 1. The lowest BCUT2D eigenvalue weighted by molar-refractivity contribution is 0.397. The highest BCUT2D eigenvalue weighted by Crippen LogP contribution is 2.32. The molecule has 6 nitrogen and oxygen atoms in total. The van der Waals surface area contributed by atoms with Gasteiger partial charge in [0.25, 0.3) is 0 Å². The maximum Gasteiger partial charge on any atom is 0.219 e. The molecule has 0 radical (unpaired) electrons. The van der Waals surface area contributed by atoms with Crippen molar-refractivity contribution >= 4 is 10.9 Å². The fourth-order valence-electron chi connectivity index (χ4n) is 3.24. The van der Waals surface area contributed by atoms with E-state index in [1.165, 1.54) is 0 Å². The van der Waals surface area contributed by atoms with E-state index in [-0.39, 0.29) is 0 Å². The second-order valence-electron chi connectivity index (χ2n) is 6.58. The molecule has 0 unspecified atom stereocenters. The Labute approximate surface area is 163 Å². The molecule has 0 saturated heterocycles. The largest absolute Gasteiger partial charge is 0.481 e. The number of ether oxygens (including phenoxy) is 2. The Balaban J connectivity index is 1.68. The van der Waals surface area contributed by atoms with E-state index in [1.54, 1.807) is 13.3 Å². The molecule has 2 N–H and O–H groups in total. The topological polar surface area (TPSA) is 75.2 Å². The van der Waals surface area contributed by atoms with Crippen LogP contribution in [0.3, 0.4) is 0 Å². The molecule has 0 aliphatic heterocycles. The van der Waals surface area contributed by atoms with Gasteiger partial charge >= 0.3 is 0 Å². The maximum absolute atomic E-state index is 6.07. The Morgan fingerprint density at radius 1 is 1.00 bits per heavy atom. The van der Waals surface area contributed by atoms with E-state index in [4.69, 9.17) is 15.2 Å². The van der Waals surface area contributed by atoms with Gasteiger partial charge in [0.05, 0.1) is 12.6 Å². The summed E-state index contributed by atoms with van der Waals surface area (Å²) >= 11 is 0. The minimum atomic E-state index is 0.453. The van der Waals surface area contributed by atoms with Gasteiger partial charge in [0.15, 0.2) is 0 Å². The lowest BCUT2D eigenvalue weighted by Gasteiger charge is -2.10. The van der Waals surface area contributed by atoms with Crippen molar-refractivity contribution in [2.75, 3.05) is 7.11 Å². The van der Waals surface area contributed by atoms with Crippen molar-refractivity contribution in [3.05, 3.63) is 77.7 Å². The molecular weight excluding hydrogens is 352 g/mol. The third-order valence-electron chi connectivity index (χ3n) is 4.71. The van der Waals surface area contributed by atoms with Crippen LogP contribution in [0.15, 0.2) is 60.9 Å². The molecule has 0 bridgehead atoms. The van der Waals surface area contributed by atoms with E-state index in [0.717, 1.165) is 40.0 Å². The Kier molecular flexibility index (Phi) is 4.95. The molecule has 0 atom stereocenters. The van der Waals surface area contributed by atoms with Crippen LogP contribution >= 0.6 is 0 Å². The Hall–Kier alpha value is -3.38. The number of rotatable bonds is 6. The zero-order chi connectivity index (χ0) is 19.5. The third-order valence-corrected chi connectivity index (χ3v) is 4.71. The lowest BCUT2D eigenvalue weighted by atomic mass is 10.2. The summed E-state index contributed by atoms with van der Waals surface area (Å²) in [6.45, 7) is 3.26. The number of hydrogen-bond acceptors (Lipinski definition) is 5. The summed E-state index contributed by atoms with van der Waals surface area (Å²) in [5, 5.41) is 1.04. The summed E-state index contributed by atoms with van der Waals surface area (Å²) in [6.07, 6.45) is 3.55. The van der Waals surface area contributed by atoms with Gasteiger partial charge in [-0.15, -0.1) is 0 Å². The van der Waals surface area contributed by atoms with E-state index in [2.05, 4.69) is 33.6 Å². The van der Waals surface area contributed by atoms with Crippen molar-refractivity contribution in [3.63, 3.8) is 0 Å². The van der Waals surface area contributed by atoms with E-state index in [0.29, 0.717) is 18.3 Å². The normalized spacial score (nSPS) is 11.0. The van der Waals surface area contributed by atoms with Gasteiger partial charge in [-0.05, 0) is 42.3 Å². The quantitative estimate of drug-likeness (QED) is 0.551. The summed E-state index contributed by atoms with van der Waals surface area (Å²) < 4.78 is 13.5. The molecule has 6 heteroatoms. The predicted molar refractivity (Wildman–Crippen MR) is 109 cm³/mol. The first-order valence-electron chi connectivity index (χ1n) is 9.08. The fourth-order valence-corrected chi connectivity index (χ4v) is 3.24. The molecular formula is C22H22N4O2. The lowest BCUT2D eigenvalue weighted by Crippen LogP contribution is -2.02. The van der Waals surface area contributed by atoms with Gasteiger partial charge < -0.3 is 19.8 Å². The highest BCUT2D eigenvalue weighted by atomic mass is 16.5. The molecule has 3 heterocycles. The average molecular weight is 374 g/mol. The number of aryl methyl sites for hydroxylation is 1. The van der Waals surface area contributed by atoms with Gasteiger partial charge in [0.2, 0.25) is 11.8 Å². The Morgan fingerprint density at radius 3 is 2.64 bits per heavy atom. The third kappa shape index (κ3) is 3.54. The predicted octanol–water partition coefficient (Wildman–Crippen LogP) is 4.05. The van der Waals surface area contributed by atoms with Crippen LogP contribution in [0, 0.1) is 6.92 Å². The van der Waals surface area contributed by atoms with Gasteiger partial charge in [0.1, 0.15) is 5.75 Å². The van der Waals surface area contributed by atoms with Gasteiger partial charge in [0, 0.05) is 48.7 Å². The summed E-state index contributed by atoms with van der Waals surface area (Å²) in [7, 11) is 1.62. The maximum atomic E-state index is 6.07. The number of benzene rings is 1. The van der Waals surface area contributed by atoms with E-state index >= 15 is 0 Å². The molecule has 4 aromatic rings. The van der Waals surface area contributed by atoms with Crippen molar-refractivity contribution in [1.82, 2.24) is 14.5 Å². The van der Waals surface area contributed by atoms with Gasteiger partial charge in [-0.3, -0.25) is 0 Å². The van der Waals surface area contributed by atoms with Crippen molar-refractivity contribution in [2.45, 2.75) is 20.0 Å². The van der Waals surface area contributed by atoms with E-state index in [1.807, 2.05) is 42.6 Å². The smallest absolute Gasteiger partial charge is 0.219 e. The molecule has 4 rings (SSSR count). The summed E-state index contributed by atoms with van der Waals surface area (Å²) in [4.78, 5) is 8.60. The van der Waals surface area contributed by atoms with Crippen LogP contribution in [0.5, 0.6) is 17.5 Å². The van der Waals surface area contributed by atoms with E-state index < -0.39 is 0 Å². The van der Waals surface area contributed by atoms with Crippen molar-refractivity contribution in [2.24, 2.45) is 5.73 Å². The Bertz CT molecular complexity index is 1100. The first-order valence-corrected chi connectivity index (χ1v) is 9.08. The van der Waals surface area contributed by atoms with Crippen LogP contribution in [-0.2, 0) is 13.1 Å². The monoisotopic (exact) mass is 374 g/mol. The number of nitrogens with two attached hydrogens (primary N) is 1. The van der Waals surface area contributed by atoms with Crippen molar-refractivity contribution in [1.29, 1.82) is 0 Å². The van der Waals surface area contributed by atoms with Gasteiger partial charge in [-0.2, -0.15) is 0 Å². The van der Waals surface area contributed by atoms with Crippen LogP contribution in [0.2, 0.25) is 0 Å². The first kappa shape index (κ1) is 18.0. The number of pyridine rings is 2. The SMILES string of the molecule is COc1ccc(Cn2c(C)cc3c(Oc4cc(CN)ccn4)cccc32)cn1. The minimum absolute atomic E-state index is 0.453. The fraction of sp³-hybridized carbons (Fsp3) is 0.182. The van der Waals surface area contributed by atoms with E-state index in [9.17, 15) is 0 Å². The van der Waals surface area contributed by atoms with Crippen molar-refractivity contribution < 1.29 is 9.47 Å². The summed E-state index contributed by atoms with van der Waals surface area (Å²) in [5.74, 6) is 1.93. The number of aromatic nitrogens is 3. The molecule has 28 heavy (non-hydrogen) atoms. The standard InChI is InChI=1S/C22H22N4O2/c1-15-10-18-19(26(15)14-17-6-7-21(27-2)25-13-17)4-3-5-20(18)28-22-11-16(12-23)8-9-24-22/h3-11,13H,12,14,23H2,1-2H3. The van der Waals surface area contributed by atoms with Crippen molar-refractivity contribution in [3.8, 4) is 17.5 Å². The number of fused-ring (bicyclic) bond motifs is 1. The minimum Gasteiger partial charge on any atom is -0.481 e. The van der Waals surface area contributed by atoms with Crippen LogP contribution in [0.1, 0.15) is 16.8 Å². The molecule has 0 fully saturated rings. The zero-order valence-electron chi connectivity index (χ0n) is 15.9. The molecule has 0 spiro atoms. The zero-order valence-corrected chi connectivity index (χ0v) is 15.9. The van der Waals surface area contributed by atoms with Crippen LogP contribution in [-0.4, -0.2) is 21.6 Å². The highest BCUT2D eigenvalue weighted by Gasteiger charge is 2.12.